The molecule has 0 aromatic carbocycles. The van der Waals surface area contributed by atoms with Crippen LogP contribution in [0.4, 0.5) is 0 Å². The smallest absolute Gasteiger partial charge is 0.218 e. The molecule has 1 aliphatic carbocycles. The number of aromatic nitrogens is 1. The van der Waals surface area contributed by atoms with Gasteiger partial charge in [0.05, 0.1) is 13.2 Å². The highest BCUT2D eigenvalue weighted by Crippen LogP contribution is 2.28. The van der Waals surface area contributed by atoms with Crippen LogP contribution in [0.2, 0.25) is 0 Å². The summed E-state index contributed by atoms with van der Waals surface area (Å²) in [5.74, 6) is 2.21. The summed E-state index contributed by atoms with van der Waals surface area (Å²) >= 11 is 0. The van der Waals surface area contributed by atoms with Gasteiger partial charge in [0.25, 0.3) is 0 Å². The van der Waals surface area contributed by atoms with Crippen LogP contribution in [0, 0.1) is 5.92 Å². The van der Waals surface area contributed by atoms with E-state index in [4.69, 9.17) is 9.47 Å². The van der Waals surface area contributed by atoms with Gasteiger partial charge in [-0.3, -0.25) is 0 Å². The summed E-state index contributed by atoms with van der Waals surface area (Å²) < 4.78 is 10.6. The van der Waals surface area contributed by atoms with E-state index >= 15 is 0 Å². The molecule has 0 bridgehead atoms. The molecule has 1 heterocycles. The van der Waals surface area contributed by atoms with E-state index in [2.05, 4.69) is 34.5 Å². The molecule has 1 aromatic rings. The average Bonchev–Trinajstić information content (AvgIpc) is 3.21. The predicted molar refractivity (Wildman–Crippen MR) is 87.1 cm³/mol. The second-order valence-corrected chi connectivity index (χ2v) is 5.47. The molecule has 0 aliphatic heterocycles. The maximum absolute atomic E-state index is 5.63. The van der Waals surface area contributed by atoms with Crippen molar-refractivity contribution in [2.75, 3.05) is 26.9 Å². The van der Waals surface area contributed by atoms with Gasteiger partial charge in [0.15, 0.2) is 5.96 Å². The van der Waals surface area contributed by atoms with Gasteiger partial charge >= 0.3 is 0 Å². The first-order valence-electron chi connectivity index (χ1n) is 7.85. The second-order valence-electron chi connectivity index (χ2n) is 5.47. The Morgan fingerprint density at radius 1 is 1.45 bits per heavy atom. The van der Waals surface area contributed by atoms with E-state index in [1.807, 2.05) is 12.1 Å². The van der Waals surface area contributed by atoms with Crippen molar-refractivity contribution in [3.8, 4) is 5.88 Å². The molecule has 1 aliphatic rings. The minimum Gasteiger partial charge on any atom is -0.475 e. The maximum Gasteiger partial charge on any atom is 0.218 e. The normalized spacial score (nSPS) is 20.6. The van der Waals surface area contributed by atoms with Crippen LogP contribution < -0.4 is 15.4 Å². The highest BCUT2D eigenvalue weighted by molar-refractivity contribution is 5.80. The van der Waals surface area contributed by atoms with Gasteiger partial charge in [-0.05, 0) is 25.3 Å². The fourth-order valence-corrected chi connectivity index (χ4v) is 2.08. The number of hydrogen-bond acceptors (Lipinski definition) is 4. The number of pyridine rings is 1. The van der Waals surface area contributed by atoms with E-state index in [-0.39, 0.29) is 0 Å². The second kappa shape index (κ2) is 8.58. The molecule has 122 valence electrons. The van der Waals surface area contributed by atoms with Crippen molar-refractivity contribution in [1.82, 2.24) is 15.6 Å². The number of rotatable bonds is 8. The van der Waals surface area contributed by atoms with E-state index in [9.17, 15) is 0 Å². The molecule has 22 heavy (non-hydrogen) atoms. The third kappa shape index (κ3) is 5.18. The first kappa shape index (κ1) is 16.5. The van der Waals surface area contributed by atoms with Gasteiger partial charge in [-0.15, -0.1) is 0 Å². The number of hydrogen-bond donors (Lipinski definition) is 2. The summed E-state index contributed by atoms with van der Waals surface area (Å²) in [6.45, 7) is 6.72. The van der Waals surface area contributed by atoms with Crippen LogP contribution in [-0.4, -0.2) is 43.9 Å². The highest BCUT2D eigenvalue weighted by atomic mass is 16.5. The summed E-state index contributed by atoms with van der Waals surface area (Å²) in [6.07, 6.45) is 2.94. The molecule has 0 saturated heterocycles. The first-order valence-corrected chi connectivity index (χ1v) is 7.85. The van der Waals surface area contributed by atoms with Crippen LogP contribution in [0.15, 0.2) is 23.3 Å². The molecule has 1 aromatic heterocycles. The Hall–Kier alpha value is -1.82. The van der Waals surface area contributed by atoms with Gasteiger partial charge < -0.3 is 20.1 Å². The van der Waals surface area contributed by atoms with Crippen LogP contribution in [0.5, 0.6) is 5.88 Å². The van der Waals surface area contributed by atoms with Crippen molar-refractivity contribution in [3.05, 3.63) is 23.9 Å². The molecule has 6 heteroatoms. The number of ether oxygens (including phenoxy) is 2. The van der Waals surface area contributed by atoms with Gasteiger partial charge in [-0.1, -0.05) is 13.0 Å². The number of guanidine groups is 1. The Morgan fingerprint density at radius 3 is 2.95 bits per heavy atom. The monoisotopic (exact) mass is 306 g/mol. The third-order valence-corrected chi connectivity index (χ3v) is 3.56. The molecule has 2 atom stereocenters. The first-order chi connectivity index (χ1) is 10.7. The molecule has 2 unspecified atom stereocenters. The minimum absolute atomic E-state index is 0.488. The summed E-state index contributed by atoms with van der Waals surface area (Å²) in [7, 11) is 1.65. The number of nitrogens with zero attached hydrogens (tertiary/aromatic N) is 2. The molecular weight excluding hydrogens is 280 g/mol. The Kier molecular flexibility index (Phi) is 6.45. The lowest BCUT2D eigenvalue weighted by atomic mass is 10.3. The number of aliphatic imine (C=N–C) groups is 1. The molecule has 1 saturated carbocycles. The van der Waals surface area contributed by atoms with Crippen molar-refractivity contribution in [3.63, 3.8) is 0 Å². The Labute approximate surface area is 132 Å². The average molecular weight is 306 g/mol. The molecule has 0 radical (unpaired) electrons. The summed E-state index contributed by atoms with van der Waals surface area (Å²) in [5.41, 5.74) is 0.972. The third-order valence-electron chi connectivity index (χ3n) is 3.56. The zero-order valence-corrected chi connectivity index (χ0v) is 13.6. The lowest BCUT2D eigenvalue weighted by Gasteiger charge is -2.12. The van der Waals surface area contributed by atoms with Crippen LogP contribution >= 0.6 is 0 Å². The minimum atomic E-state index is 0.488. The molecular formula is C16H26N4O2. The predicted octanol–water partition coefficient (Wildman–Crippen LogP) is 1.57. The van der Waals surface area contributed by atoms with Gasteiger partial charge in [0, 0.05) is 31.5 Å². The Morgan fingerprint density at radius 2 is 2.27 bits per heavy atom. The highest BCUT2D eigenvalue weighted by Gasteiger charge is 2.33. The van der Waals surface area contributed by atoms with E-state index in [0.717, 1.165) is 24.0 Å². The number of methoxy groups -OCH3 is 1. The molecule has 2 N–H and O–H groups in total. The molecule has 0 spiro atoms. The van der Waals surface area contributed by atoms with Crippen molar-refractivity contribution < 1.29 is 9.47 Å². The summed E-state index contributed by atoms with van der Waals surface area (Å²) in [5, 5.41) is 6.72. The van der Waals surface area contributed by atoms with Crippen LogP contribution in [0.1, 0.15) is 25.8 Å². The maximum atomic E-state index is 5.63. The lowest BCUT2D eigenvalue weighted by molar-refractivity contribution is 0.143. The van der Waals surface area contributed by atoms with Crippen LogP contribution in [0.25, 0.3) is 0 Å². The van der Waals surface area contributed by atoms with Crippen molar-refractivity contribution in [1.29, 1.82) is 0 Å². The van der Waals surface area contributed by atoms with Gasteiger partial charge in [-0.2, -0.15) is 0 Å². The fraction of sp³-hybridized carbons (Fsp3) is 0.625. The van der Waals surface area contributed by atoms with E-state index in [1.54, 1.807) is 13.3 Å². The van der Waals surface area contributed by atoms with Crippen molar-refractivity contribution >= 4 is 5.96 Å². The standard InChI is InChI=1S/C16H26N4O2/c1-4-17-16(20-14-10-12(14)2)19-11-13-6-5-7-18-15(13)22-9-8-21-3/h5-7,12,14H,4,8-11H2,1-3H3,(H2,17,19,20). The van der Waals surface area contributed by atoms with E-state index in [1.165, 1.54) is 6.42 Å². The van der Waals surface area contributed by atoms with Crippen molar-refractivity contribution in [2.24, 2.45) is 10.9 Å². The molecule has 6 nitrogen and oxygen atoms in total. The topological polar surface area (TPSA) is 67.8 Å². The Bertz CT molecular complexity index is 493. The summed E-state index contributed by atoms with van der Waals surface area (Å²) in [6, 6.07) is 4.43. The van der Waals surface area contributed by atoms with E-state index < -0.39 is 0 Å². The van der Waals surface area contributed by atoms with Gasteiger partial charge in [0.2, 0.25) is 5.88 Å². The molecule has 0 amide bonds. The Balaban J connectivity index is 1.96. The van der Waals surface area contributed by atoms with Gasteiger partial charge in [-0.25, -0.2) is 9.98 Å². The van der Waals surface area contributed by atoms with Crippen LogP contribution in [0.3, 0.4) is 0 Å². The largest absolute Gasteiger partial charge is 0.475 e. The van der Waals surface area contributed by atoms with Crippen LogP contribution in [-0.2, 0) is 11.3 Å². The van der Waals surface area contributed by atoms with Gasteiger partial charge in [0.1, 0.15) is 6.61 Å². The zero-order valence-electron chi connectivity index (χ0n) is 13.6. The zero-order chi connectivity index (χ0) is 15.8. The lowest BCUT2D eigenvalue weighted by Crippen LogP contribution is -2.39. The molecule has 2 rings (SSSR count). The molecule has 1 fully saturated rings. The number of nitrogens with one attached hydrogen (secondary N) is 2. The fourth-order valence-electron chi connectivity index (χ4n) is 2.08. The quantitative estimate of drug-likeness (QED) is 0.433. The summed E-state index contributed by atoms with van der Waals surface area (Å²) in [4.78, 5) is 8.90. The SMILES string of the molecule is CCNC(=NCc1cccnc1OCCOC)NC1CC1C. The van der Waals surface area contributed by atoms with E-state index in [0.29, 0.717) is 31.7 Å². The van der Waals surface area contributed by atoms with Crippen molar-refractivity contribution in [2.45, 2.75) is 32.9 Å².